The second kappa shape index (κ2) is 9.90. The van der Waals surface area contributed by atoms with Gasteiger partial charge in [-0.1, -0.05) is 60.7 Å². The number of rotatable bonds is 7. The van der Waals surface area contributed by atoms with E-state index < -0.39 is 5.97 Å². The van der Waals surface area contributed by atoms with E-state index in [1.165, 1.54) is 11.1 Å². The van der Waals surface area contributed by atoms with Crippen LogP contribution < -0.4 is 5.32 Å². The number of carbonyl (C=O) groups excluding carboxylic acids is 1. The number of nitrogens with one attached hydrogen (secondary N) is 1. The number of benzene rings is 2. The molecule has 0 radical (unpaired) electrons. The highest BCUT2D eigenvalue weighted by molar-refractivity contribution is 5.74. The molecule has 1 aliphatic rings. The Morgan fingerprint density at radius 2 is 1.43 bits per heavy atom. The van der Waals surface area contributed by atoms with E-state index in [0.29, 0.717) is 26.1 Å². The predicted octanol–water partition coefficient (Wildman–Crippen LogP) is 2.97. The molecule has 0 spiro atoms. The van der Waals surface area contributed by atoms with Crippen molar-refractivity contribution in [3.8, 4) is 0 Å². The first-order valence-electron chi connectivity index (χ1n) is 9.73. The van der Waals surface area contributed by atoms with E-state index in [4.69, 9.17) is 5.11 Å². The fourth-order valence-corrected chi connectivity index (χ4v) is 3.61. The molecule has 0 bridgehead atoms. The lowest BCUT2D eigenvalue weighted by atomic mass is 9.96. The summed E-state index contributed by atoms with van der Waals surface area (Å²) < 4.78 is 0. The number of hydrogen-bond acceptors (Lipinski definition) is 3. The van der Waals surface area contributed by atoms with Crippen molar-refractivity contribution in [2.75, 3.05) is 32.7 Å². The topological polar surface area (TPSA) is 72.9 Å². The third kappa shape index (κ3) is 5.33. The molecule has 2 aromatic rings. The first-order valence-corrected chi connectivity index (χ1v) is 9.73. The Hall–Kier alpha value is -2.86. The van der Waals surface area contributed by atoms with Crippen molar-refractivity contribution in [3.63, 3.8) is 0 Å². The summed E-state index contributed by atoms with van der Waals surface area (Å²) in [5.74, 6) is -0.837. The number of piperazine rings is 1. The number of urea groups is 1. The molecule has 3 rings (SSSR count). The minimum Gasteiger partial charge on any atom is -0.481 e. The van der Waals surface area contributed by atoms with E-state index in [0.717, 1.165) is 13.1 Å². The minimum absolute atomic E-state index is 0.0733. The average Bonchev–Trinajstić information content (AvgIpc) is 2.73. The highest BCUT2D eigenvalue weighted by Gasteiger charge is 2.27. The summed E-state index contributed by atoms with van der Waals surface area (Å²) >= 11 is 0. The largest absolute Gasteiger partial charge is 0.481 e. The maximum atomic E-state index is 12.3. The van der Waals surface area contributed by atoms with Crippen LogP contribution in [0, 0.1) is 0 Å². The SMILES string of the molecule is O=C(O)CCCNC(=O)N1CCN(C(c2ccccc2)c2ccccc2)CC1. The molecule has 0 atom stereocenters. The average molecular weight is 381 g/mol. The van der Waals surface area contributed by atoms with Crippen molar-refractivity contribution in [3.05, 3.63) is 71.8 Å². The molecule has 148 valence electrons. The third-order valence-corrected chi connectivity index (χ3v) is 5.04. The normalized spacial score (nSPS) is 14.8. The van der Waals surface area contributed by atoms with E-state index in [1.807, 2.05) is 17.0 Å². The number of amides is 2. The molecule has 0 aromatic heterocycles. The Morgan fingerprint density at radius 3 is 1.93 bits per heavy atom. The van der Waals surface area contributed by atoms with Crippen LogP contribution in [-0.4, -0.2) is 59.6 Å². The van der Waals surface area contributed by atoms with Gasteiger partial charge in [-0.05, 0) is 17.5 Å². The van der Waals surface area contributed by atoms with E-state index in [2.05, 4.69) is 58.7 Å². The van der Waals surface area contributed by atoms with Gasteiger partial charge in [-0.15, -0.1) is 0 Å². The maximum Gasteiger partial charge on any atom is 0.317 e. The van der Waals surface area contributed by atoms with Crippen LogP contribution >= 0.6 is 0 Å². The predicted molar refractivity (Wildman–Crippen MR) is 108 cm³/mol. The van der Waals surface area contributed by atoms with Crippen LogP contribution in [0.3, 0.4) is 0 Å². The van der Waals surface area contributed by atoms with E-state index in [-0.39, 0.29) is 18.5 Å². The quantitative estimate of drug-likeness (QED) is 0.723. The fourth-order valence-electron chi connectivity index (χ4n) is 3.61. The molecule has 2 amide bonds. The zero-order chi connectivity index (χ0) is 19.8. The fraction of sp³-hybridized carbons (Fsp3) is 0.364. The van der Waals surface area contributed by atoms with Gasteiger partial charge in [0.25, 0.3) is 0 Å². The summed E-state index contributed by atoms with van der Waals surface area (Å²) in [4.78, 5) is 27.1. The summed E-state index contributed by atoms with van der Waals surface area (Å²) in [5, 5.41) is 11.5. The molecule has 0 unspecified atom stereocenters. The van der Waals surface area contributed by atoms with Crippen molar-refractivity contribution >= 4 is 12.0 Å². The Labute approximate surface area is 165 Å². The van der Waals surface area contributed by atoms with E-state index in [9.17, 15) is 9.59 Å². The molecule has 1 heterocycles. The summed E-state index contributed by atoms with van der Waals surface area (Å²) in [5.41, 5.74) is 2.50. The molecular weight excluding hydrogens is 354 g/mol. The van der Waals surface area contributed by atoms with Crippen molar-refractivity contribution in [1.29, 1.82) is 0 Å². The van der Waals surface area contributed by atoms with Crippen molar-refractivity contribution < 1.29 is 14.7 Å². The monoisotopic (exact) mass is 381 g/mol. The van der Waals surface area contributed by atoms with Gasteiger partial charge >= 0.3 is 12.0 Å². The Kier molecular flexibility index (Phi) is 7.03. The van der Waals surface area contributed by atoms with Gasteiger partial charge in [0, 0.05) is 39.1 Å². The van der Waals surface area contributed by atoms with Crippen LogP contribution in [0.15, 0.2) is 60.7 Å². The number of carboxylic acids is 1. The third-order valence-electron chi connectivity index (χ3n) is 5.04. The number of hydrogen-bond donors (Lipinski definition) is 2. The van der Waals surface area contributed by atoms with Gasteiger partial charge in [0.2, 0.25) is 0 Å². The lowest BCUT2D eigenvalue weighted by molar-refractivity contribution is -0.137. The minimum atomic E-state index is -0.837. The molecular formula is C22H27N3O3. The molecule has 6 nitrogen and oxygen atoms in total. The van der Waals surface area contributed by atoms with E-state index in [1.54, 1.807) is 0 Å². The van der Waals surface area contributed by atoms with Crippen LogP contribution in [0.5, 0.6) is 0 Å². The molecule has 1 saturated heterocycles. The van der Waals surface area contributed by atoms with Crippen LogP contribution in [0.2, 0.25) is 0 Å². The first-order chi connectivity index (χ1) is 13.6. The summed E-state index contributed by atoms with van der Waals surface area (Å²) in [7, 11) is 0. The molecule has 2 aromatic carbocycles. The van der Waals surface area contributed by atoms with Crippen LogP contribution in [0.4, 0.5) is 4.79 Å². The lowest BCUT2D eigenvalue weighted by Crippen LogP contribution is -2.52. The van der Waals surface area contributed by atoms with Crippen LogP contribution in [0.1, 0.15) is 30.0 Å². The summed E-state index contributed by atoms with van der Waals surface area (Å²) in [6.45, 7) is 3.28. The highest BCUT2D eigenvalue weighted by atomic mass is 16.4. The molecule has 1 fully saturated rings. The molecule has 6 heteroatoms. The van der Waals surface area contributed by atoms with Gasteiger partial charge in [0.15, 0.2) is 0 Å². The Bertz CT molecular complexity index is 720. The van der Waals surface area contributed by atoms with Gasteiger partial charge < -0.3 is 15.3 Å². The second-order valence-electron chi connectivity index (χ2n) is 6.98. The summed E-state index contributed by atoms with van der Waals surface area (Å²) in [6.07, 6.45) is 0.523. The molecule has 0 aliphatic carbocycles. The Balaban J connectivity index is 1.60. The highest BCUT2D eigenvalue weighted by Crippen LogP contribution is 2.29. The molecule has 0 saturated carbocycles. The van der Waals surface area contributed by atoms with Crippen LogP contribution in [-0.2, 0) is 4.79 Å². The van der Waals surface area contributed by atoms with Crippen molar-refractivity contribution in [2.24, 2.45) is 0 Å². The van der Waals surface area contributed by atoms with Gasteiger partial charge in [-0.25, -0.2) is 4.79 Å². The maximum absolute atomic E-state index is 12.3. The van der Waals surface area contributed by atoms with Crippen molar-refractivity contribution in [2.45, 2.75) is 18.9 Å². The zero-order valence-corrected chi connectivity index (χ0v) is 16.0. The summed E-state index contributed by atoms with van der Waals surface area (Å²) in [6, 6.07) is 21.0. The number of nitrogens with zero attached hydrogens (tertiary/aromatic N) is 2. The second-order valence-corrected chi connectivity index (χ2v) is 6.98. The van der Waals surface area contributed by atoms with Crippen LogP contribution in [0.25, 0.3) is 0 Å². The van der Waals surface area contributed by atoms with Gasteiger partial charge in [-0.2, -0.15) is 0 Å². The van der Waals surface area contributed by atoms with E-state index >= 15 is 0 Å². The molecule has 1 aliphatic heterocycles. The standard InChI is InChI=1S/C22H27N3O3/c26-20(27)12-7-13-23-22(28)25-16-14-24(15-17-25)21(18-8-3-1-4-9-18)19-10-5-2-6-11-19/h1-6,8-11,21H,7,12-17H2,(H,23,28)(H,26,27). The zero-order valence-electron chi connectivity index (χ0n) is 16.0. The lowest BCUT2D eigenvalue weighted by Gasteiger charge is -2.39. The number of aliphatic carboxylic acids is 1. The Morgan fingerprint density at radius 1 is 0.893 bits per heavy atom. The number of carbonyl (C=O) groups is 2. The molecule has 2 N–H and O–H groups in total. The van der Waals surface area contributed by atoms with Crippen molar-refractivity contribution in [1.82, 2.24) is 15.1 Å². The molecule has 28 heavy (non-hydrogen) atoms. The van der Waals surface area contributed by atoms with Gasteiger partial charge in [0.1, 0.15) is 0 Å². The van der Waals surface area contributed by atoms with Gasteiger partial charge in [-0.3, -0.25) is 9.69 Å². The van der Waals surface area contributed by atoms with Gasteiger partial charge in [0.05, 0.1) is 6.04 Å². The smallest absolute Gasteiger partial charge is 0.317 e. The first kappa shape index (κ1) is 19.9. The number of carboxylic acid groups (broad SMARTS) is 1.